The van der Waals surface area contributed by atoms with Crippen LogP contribution in [0.3, 0.4) is 0 Å². The van der Waals surface area contributed by atoms with Gasteiger partial charge in [0.05, 0.1) is 11.3 Å². The van der Waals surface area contributed by atoms with Gasteiger partial charge in [0.25, 0.3) is 0 Å². The first-order valence-electron chi connectivity index (χ1n) is 2.91. The summed E-state index contributed by atoms with van der Waals surface area (Å²) < 4.78 is 0. The van der Waals surface area contributed by atoms with Crippen molar-refractivity contribution in [3.05, 3.63) is 23.8 Å². The highest BCUT2D eigenvalue weighted by Crippen LogP contribution is 2.23. The molecule has 0 aliphatic heterocycles. The molecule has 11 heavy (non-hydrogen) atoms. The Hall–Kier alpha value is -1.71. The van der Waals surface area contributed by atoms with Crippen molar-refractivity contribution in [3.63, 3.8) is 0 Å². The Morgan fingerprint density at radius 3 is 2.55 bits per heavy atom. The molecule has 0 unspecified atom stereocenters. The molecule has 1 rings (SSSR count). The summed E-state index contributed by atoms with van der Waals surface area (Å²) in [5, 5.41) is 19.2. The zero-order valence-corrected chi connectivity index (χ0v) is 5.57. The molecule has 0 spiro atoms. The minimum atomic E-state index is -1.18. The highest BCUT2D eigenvalue weighted by atomic mass is 16.4. The van der Waals surface area contributed by atoms with Crippen molar-refractivity contribution < 1.29 is 15.0 Å². The van der Waals surface area contributed by atoms with Crippen molar-refractivity contribution in [3.8, 4) is 5.75 Å². The molecule has 0 saturated heterocycles. The summed E-state index contributed by atoms with van der Waals surface area (Å²) in [4.78, 5) is 10.4. The van der Waals surface area contributed by atoms with Crippen LogP contribution in [0.2, 0.25) is 0 Å². The van der Waals surface area contributed by atoms with Crippen molar-refractivity contribution in [2.45, 2.75) is 0 Å². The lowest BCUT2D eigenvalue weighted by molar-refractivity contribution is 0.0697. The summed E-state index contributed by atoms with van der Waals surface area (Å²) >= 11 is 0. The molecule has 3 N–H and O–H groups in total. The van der Waals surface area contributed by atoms with Crippen molar-refractivity contribution in [1.82, 2.24) is 0 Å². The number of rotatable bonds is 1. The number of benzene rings is 1. The van der Waals surface area contributed by atoms with Gasteiger partial charge in [0, 0.05) is 0 Å². The van der Waals surface area contributed by atoms with Gasteiger partial charge >= 0.3 is 5.97 Å². The van der Waals surface area contributed by atoms with Gasteiger partial charge in [0.2, 0.25) is 5.75 Å². The Morgan fingerprint density at radius 1 is 1.45 bits per heavy atom. The number of anilines is 1. The predicted molar refractivity (Wildman–Crippen MR) is 37.9 cm³/mol. The van der Waals surface area contributed by atoms with E-state index in [1.54, 1.807) is 0 Å². The van der Waals surface area contributed by atoms with Crippen LogP contribution in [0.15, 0.2) is 18.2 Å². The molecular weight excluding hydrogens is 146 g/mol. The average Bonchev–Trinajstić information content (AvgIpc) is 1.94. The summed E-state index contributed by atoms with van der Waals surface area (Å²) in [7, 11) is 0. The van der Waals surface area contributed by atoms with Gasteiger partial charge in [-0.3, -0.25) is 5.11 Å². The summed E-state index contributed by atoms with van der Waals surface area (Å²) in [6, 6.07) is 3.88. The number of hydrogen-bond donors (Lipinski definition) is 2. The van der Waals surface area contributed by atoms with Gasteiger partial charge in [-0.2, -0.15) is 0 Å². The molecule has 1 aromatic carbocycles. The molecule has 0 aromatic heterocycles. The third-order valence-corrected chi connectivity index (χ3v) is 1.30. The molecule has 0 aliphatic rings. The first-order valence-corrected chi connectivity index (χ1v) is 2.91. The molecule has 0 fully saturated rings. The van der Waals surface area contributed by atoms with E-state index in [0.717, 1.165) is 0 Å². The zero-order chi connectivity index (χ0) is 8.43. The summed E-state index contributed by atoms with van der Waals surface area (Å²) in [6.07, 6.45) is 0. The average molecular weight is 152 g/mol. The van der Waals surface area contributed by atoms with E-state index in [1.165, 1.54) is 18.2 Å². The van der Waals surface area contributed by atoms with Gasteiger partial charge in [0.15, 0.2) is 0 Å². The molecule has 0 atom stereocenters. The molecule has 57 valence electrons. The summed E-state index contributed by atoms with van der Waals surface area (Å²) in [5.41, 5.74) is 4.84. The van der Waals surface area contributed by atoms with E-state index in [-0.39, 0.29) is 11.3 Å². The molecular formula is C7H6NO3. The maximum atomic E-state index is 10.8. The number of para-hydroxylation sites is 1. The van der Waals surface area contributed by atoms with Crippen LogP contribution >= 0.6 is 0 Å². The lowest BCUT2D eigenvalue weighted by Crippen LogP contribution is -2.01. The largest absolute Gasteiger partial charge is 0.478 e. The molecule has 0 bridgehead atoms. The lowest BCUT2D eigenvalue weighted by Gasteiger charge is -1.98. The maximum absolute atomic E-state index is 10.8. The van der Waals surface area contributed by atoms with Gasteiger partial charge in [0.1, 0.15) is 0 Å². The van der Waals surface area contributed by atoms with Crippen LogP contribution in [-0.4, -0.2) is 11.1 Å². The Balaban J connectivity index is 3.27. The Kier molecular flexibility index (Phi) is 1.68. The van der Waals surface area contributed by atoms with E-state index >= 15 is 0 Å². The van der Waals surface area contributed by atoms with Gasteiger partial charge in [-0.05, 0) is 12.1 Å². The van der Waals surface area contributed by atoms with Gasteiger partial charge in [-0.1, -0.05) is 6.07 Å². The van der Waals surface area contributed by atoms with E-state index in [9.17, 15) is 9.90 Å². The second-order valence-corrected chi connectivity index (χ2v) is 2.02. The standard InChI is InChI=1S/C7H6NO3/c8-6-4(7(10)11)2-1-3-5(6)9/h1-3H,8H2,(H,10,11). The van der Waals surface area contributed by atoms with Gasteiger partial charge in [-0.15, -0.1) is 0 Å². The smallest absolute Gasteiger partial charge is 0.337 e. The first-order chi connectivity index (χ1) is 5.13. The number of carboxylic acids is 1. The number of carboxylic acid groups (broad SMARTS) is 1. The van der Waals surface area contributed by atoms with Crippen LogP contribution in [0.4, 0.5) is 5.69 Å². The van der Waals surface area contributed by atoms with Crippen LogP contribution in [-0.2, 0) is 5.11 Å². The topological polar surface area (TPSA) is 83.2 Å². The molecule has 1 radical (unpaired) electrons. The maximum Gasteiger partial charge on any atom is 0.337 e. The van der Waals surface area contributed by atoms with Gasteiger partial charge in [-0.25, -0.2) is 4.79 Å². The Bertz CT molecular complexity index is 296. The highest BCUT2D eigenvalue weighted by molar-refractivity contribution is 5.94. The number of nitrogen functional groups attached to an aromatic ring is 1. The number of aromatic carboxylic acids is 1. The normalized spacial score (nSPS) is 9.45. The third kappa shape index (κ3) is 1.24. The zero-order valence-electron chi connectivity index (χ0n) is 5.57. The molecule has 4 heteroatoms. The third-order valence-electron chi connectivity index (χ3n) is 1.30. The van der Waals surface area contributed by atoms with Crippen LogP contribution in [0.1, 0.15) is 10.4 Å². The van der Waals surface area contributed by atoms with Crippen molar-refractivity contribution in [2.24, 2.45) is 0 Å². The molecule has 1 aromatic rings. The number of carbonyl (C=O) groups is 1. The van der Waals surface area contributed by atoms with E-state index in [2.05, 4.69) is 0 Å². The minimum absolute atomic E-state index is 0.141. The lowest BCUT2D eigenvalue weighted by atomic mass is 10.2. The predicted octanol–water partition coefficient (Wildman–Crippen LogP) is 1.11. The second-order valence-electron chi connectivity index (χ2n) is 2.02. The SMILES string of the molecule is Nc1c([O])cccc1C(=O)O. The van der Waals surface area contributed by atoms with Crippen molar-refractivity contribution in [1.29, 1.82) is 0 Å². The fourth-order valence-electron chi connectivity index (χ4n) is 0.731. The number of hydrogen-bond acceptors (Lipinski definition) is 2. The fourth-order valence-corrected chi connectivity index (χ4v) is 0.731. The van der Waals surface area contributed by atoms with E-state index < -0.39 is 11.7 Å². The van der Waals surface area contributed by atoms with Crippen molar-refractivity contribution >= 4 is 11.7 Å². The second kappa shape index (κ2) is 2.49. The van der Waals surface area contributed by atoms with Crippen molar-refractivity contribution in [2.75, 3.05) is 5.73 Å². The number of nitrogens with two attached hydrogens (primary N) is 1. The van der Waals surface area contributed by atoms with Crippen LogP contribution in [0.5, 0.6) is 5.75 Å². The van der Waals surface area contributed by atoms with E-state index in [0.29, 0.717) is 0 Å². The van der Waals surface area contributed by atoms with Crippen LogP contribution in [0, 0.1) is 0 Å². The Morgan fingerprint density at radius 2 is 2.09 bits per heavy atom. The molecule has 4 nitrogen and oxygen atoms in total. The Labute approximate surface area is 62.9 Å². The summed E-state index contributed by atoms with van der Waals surface area (Å²) in [6.45, 7) is 0. The van der Waals surface area contributed by atoms with Crippen LogP contribution in [0.25, 0.3) is 0 Å². The highest BCUT2D eigenvalue weighted by Gasteiger charge is 2.10. The first kappa shape index (κ1) is 7.40. The molecule has 0 aliphatic carbocycles. The van der Waals surface area contributed by atoms with E-state index in [4.69, 9.17) is 10.8 Å². The monoisotopic (exact) mass is 152 g/mol. The summed E-state index contributed by atoms with van der Waals surface area (Å²) in [5.74, 6) is -1.63. The minimum Gasteiger partial charge on any atom is -0.478 e. The van der Waals surface area contributed by atoms with E-state index in [1.807, 2.05) is 0 Å². The van der Waals surface area contributed by atoms with Gasteiger partial charge < -0.3 is 10.8 Å². The molecule has 0 amide bonds. The fraction of sp³-hybridized carbons (Fsp3) is 0. The van der Waals surface area contributed by atoms with Crippen LogP contribution < -0.4 is 5.73 Å². The quantitative estimate of drug-likeness (QED) is 0.591. The molecule has 0 saturated carbocycles. The molecule has 0 heterocycles.